The summed E-state index contributed by atoms with van der Waals surface area (Å²) < 4.78 is 27.1. The second kappa shape index (κ2) is 6.84. The monoisotopic (exact) mass is 293 g/mol. The molecule has 108 valence electrons. The van der Waals surface area contributed by atoms with Gasteiger partial charge in [0, 0.05) is 12.6 Å². The second-order valence-electron chi connectivity index (χ2n) is 5.09. The van der Waals surface area contributed by atoms with Crippen LogP contribution in [-0.4, -0.2) is 27.5 Å². The molecule has 1 aromatic carbocycles. The van der Waals surface area contributed by atoms with E-state index in [1.165, 1.54) is 0 Å². The Labute approximate surface area is 120 Å². The normalized spacial score (nSPS) is 20.1. The molecule has 0 aromatic heterocycles. The van der Waals surface area contributed by atoms with Gasteiger partial charge in [-0.05, 0) is 37.1 Å². The van der Waals surface area contributed by atoms with E-state index in [4.69, 9.17) is 5.26 Å². The number of nitrogens with one attached hydrogen (secondary N) is 2. The number of rotatable bonds is 4. The predicted octanol–water partition coefficient (Wildman–Crippen LogP) is 1.12. The van der Waals surface area contributed by atoms with E-state index in [0.717, 1.165) is 25.8 Å². The summed E-state index contributed by atoms with van der Waals surface area (Å²) in [5.74, 6) is -0.0843. The molecule has 1 aliphatic heterocycles. The molecule has 0 aliphatic carbocycles. The SMILES string of the molecule is N#Cc1cccc(CS(=O)(=O)NC2CCCCNC2)c1. The number of hydrogen-bond donors (Lipinski definition) is 2. The molecule has 1 heterocycles. The average Bonchev–Trinajstić information content (AvgIpc) is 2.66. The van der Waals surface area contributed by atoms with Crippen molar-refractivity contribution in [3.05, 3.63) is 35.4 Å². The summed E-state index contributed by atoms with van der Waals surface area (Å²) in [7, 11) is -3.37. The van der Waals surface area contributed by atoms with Crippen LogP contribution in [0, 0.1) is 11.3 Å². The van der Waals surface area contributed by atoms with Crippen molar-refractivity contribution in [2.75, 3.05) is 13.1 Å². The van der Waals surface area contributed by atoms with E-state index in [9.17, 15) is 8.42 Å². The quantitative estimate of drug-likeness (QED) is 0.871. The Morgan fingerprint density at radius 3 is 3.05 bits per heavy atom. The zero-order chi connectivity index (χ0) is 14.4. The number of sulfonamides is 1. The van der Waals surface area contributed by atoms with Crippen molar-refractivity contribution in [2.24, 2.45) is 0 Å². The van der Waals surface area contributed by atoms with Crippen molar-refractivity contribution >= 4 is 10.0 Å². The first kappa shape index (κ1) is 15.0. The van der Waals surface area contributed by atoms with Gasteiger partial charge in [0.1, 0.15) is 0 Å². The van der Waals surface area contributed by atoms with Crippen LogP contribution in [0.15, 0.2) is 24.3 Å². The molecule has 0 bridgehead atoms. The minimum atomic E-state index is -3.37. The van der Waals surface area contributed by atoms with E-state index >= 15 is 0 Å². The predicted molar refractivity (Wildman–Crippen MR) is 77.4 cm³/mol. The van der Waals surface area contributed by atoms with Crippen molar-refractivity contribution in [1.29, 1.82) is 5.26 Å². The maximum Gasteiger partial charge on any atom is 0.216 e. The third-order valence-corrected chi connectivity index (χ3v) is 4.71. The van der Waals surface area contributed by atoms with E-state index in [0.29, 0.717) is 17.7 Å². The Balaban J connectivity index is 2.01. The molecule has 0 radical (unpaired) electrons. The first-order chi connectivity index (χ1) is 9.59. The Morgan fingerprint density at radius 2 is 2.25 bits per heavy atom. The number of nitriles is 1. The Morgan fingerprint density at radius 1 is 1.40 bits per heavy atom. The van der Waals surface area contributed by atoms with Gasteiger partial charge in [-0.15, -0.1) is 0 Å². The van der Waals surface area contributed by atoms with Crippen LogP contribution in [0.3, 0.4) is 0 Å². The average molecular weight is 293 g/mol. The van der Waals surface area contributed by atoms with Crippen LogP contribution >= 0.6 is 0 Å². The van der Waals surface area contributed by atoms with Crippen LogP contribution < -0.4 is 10.0 Å². The standard InChI is InChI=1S/C14H19N3O2S/c15-9-12-4-3-5-13(8-12)11-20(18,19)17-14-6-1-2-7-16-10-14/h3-5,8,14,16-17H,1-2,6-7,10-11H2. The molecule has 20 heavy (non-hydrogen) atoms. The summed E-state index contributed by atoms with van der Waals surface area (Å²) in [6, 6.07) is 8.69. The molecule has 5 nitrogen and oxygen atoms in total. The van der Waals surface area contributed by atoms with Gasteiger partial charge in [0.05, 0.1) is 17.4 Å². The maximum atomic E-state index is 12.2. The van der Waals surface area contributed by atoms with Crippen molar-refractivity contribution < 1.29 is 8.42 Å². The van der Waals surface area contributed by atoms with Crippen molar-refractivity contribution in [2.45, 2.75) is 31.1 Å². The van der Waals surface area contributed by atoms with E-state index in [2.05, 4.69) is 10.0 Å². The summed E-state index contributed by atoms with van der Waals surface area (Å²) in [4.78, 5) is 0. The molecule has 1 aliphatic rings. The van der Waals surface area contributed by atoms with E-state index in [1.54, 1.807) is 24.3 Å². The highest BCUT2D eigenvalue weighted by Crippen LogP contribution is 2.10. The summed E-state index contributed by atoms with van der Waals surface area (Å²) >= 11 is 0. The number of hydrogen-bond acceptors (Lipinski definition) is 4. The highest BCUT2D eigenvalue weighted by Gasteiger charge is 2.19. The lowest BCUT2D eigenvalue weighted by molar-refractivity contribution is 0.520. The fourth-order valence-electron chi connectivity index (χ4n) is 2.37. The van der Waals surface area contributed by atoms with Crippen LogP contribution in [0.25, 0.3) is 0 Å². The van der Waals surface area contributed by atoms with Gasteiger partial charge in [-0.3, -0.25) is 0 Å². The third kappa shape index (κ3) is 4.60. The van der Waals surface area contributed by atoms with Crippen molar-refractivity contribution in [3.8, 4) is 6.07 Å². The molecule has 1 atom stereocenters. The molecule has 1 fully saturated rings. The topological polar surface area (TPSA) is 82.0 Å². The van der Waals surface area contributed by atoms with Crippen LogP contribution in [0.4, 0.5) is 0 Å². The molecule has 1 unspecified atom stereocenters. The molecule has 0 spiro atoms. The molecule has 0 amide bonds. The first-order valence-electron chi connectivity index (χ1n) is 6.79. The molecule has 1 saturated heterocycles. The molecule has 0 saturated carbocycles. The Kier molecular flexibility index (Phi) is 5.12. The Bertz CT molecular complexity index is 585. The summed E-state index contributed by atoms with van der Waals surface area (Å²) in [6.07, 6.45) is 2.98. The lowest BCUT2D eigenvalue weighted by atomic mass is 10.2. The van der Waals surface area contributed by atoms with Gasteiger partial charge in [0.2, 0.25) is 10.0 Å². The fourth-order valence-corrected chi connectivity index (χ4v) is 3.78. The number of nitrogens with zero attached hydrogens (tertiary/aromatic N) is 1. The van der Waals surface area contributed by atoms with Gasteiger partial charge >= 0.3 is 0 Å². The van der Waals surface area contributed by atoms with Gasteiger partial charge in [0.15, 0.2) is 0 Å². The van der Waals surface area contributed by atoms with Crippen LogP contribution in [-0.2, 0) is 15.8 Å². The first-order valence-corrected chi connectivity index (χ1v) is 8.44. The highest BCUT2D eigenvalue weighted by molar-refractivity contribution is 7.88. The zero-order valence-corrected chi connectivity index (χ0v) is 12.1. The van der Waals surface area contributed by atoms with Crippen LogP contribution in [0.5, 0.6) is 0 Å². The number of benzene rings is 1. The molecular weight excluding hydrogens is 274 g/mol. The maximum absolute atomic E-state index is 12.2. The van der Waals surface area contributed by atoms with Crippen LogP contribution in [0.2, 0.25) is 0 Å². The summed E-state index contributed by atoms with van der Waals surface area (Å²) in [6.45, 7) is 1.62. The van der Waals surface area contributed by atoms with Gasteiger partial charge in [0.25, 0.3) is 0 Å². The largest absolute Gasteiger partial charge is 0.315 e. The van der Waals surface area contributed by atoms with Crippen molar-refractivity contribution in [3.63, 3.8) is 0 Å². The summed E-state index contributed by atoms with van der Waals surface area (Å²) in [5, 5.41) is 12.1. The van der Waals surface area contributed by atoms with Gasteiger partial charge in [-0.25, -0.2) is 13.1 Å². The van der Waals surface area contributed by atoms with E-state index < -0.39 is 10.0 Å². The minimum Gasteiger partial charge on any atom is -0.315 e. The molecule has 2 rings (SSSR count). The van der Waals surface area contributed by atoms with Crippen LogP contribution in [0.1, 0.15) is 30.4 Å². The lowest BCUT2D eigenvalue weighted by Crippen LogP contribution is -2.41. The zero-order valence-electron chi connectivity index (χ0n) is 11.3. The smallest absolute Gasteiger partial charge is 0.216 e. The molecular formula is C14H19N3O2S. The van der Waals surface area contributed by atoms with E-state index in [1.807, 2.05) is 6.07 Å². The third-order valence-electron chi connectivity index (χ3n) is 3.31. The molecule has 2 N–H and O–H groups in total. The lowest BCUT2D eigenvalue weighted by Gasteiger charge is -2.16. The minimum absolute atomic E-state index is 0.0401. The van der Waals surface area contributed by atoms with Crippen molar-refractivity contribution in [1.82, 2.24) is 10.0 Å². The fraction of sp³-hybridized carbons (Fsp3) is 0.500. The van der Waals surface area contributed by atoms with Gasteiger partial charge < -0.3 is 5.32 Å². The van der Waals surface area contributed by atoms with Gasteiger partial charge in [-0.1, -0.05) is 18.6 Å². The Hall–Kier alpha value is -1.42. The molecule has 6 heteroatoms. The van der Waals surface area contributed by atoms with Gasteiger partial charge in [-0.2, -0.15) is 5.26 Å². The molecule has 1 aromatic rings. The second-order valence-corrected chi connectivity index (χ2v) is 6.84. The summed E-state index contributed by atoms with van der Waals surface area (Å²) in [5.41, 5.74) is 1.12. The van der Waals surface area contributed by atoms with E-state index in [-0.39, 0.29) is 11.8 Å². The highest BCUT2D eigenvalue weighted by atomic mass is 32.2.